The molecule has 1 aromatic carbocycles. The minimum Gasteiger partial charge on any atom is -0.391 e. The maximum absolute atomic E-state index is 12.5. The Morgan fingerprint density at radius 3 is 2.91 bits per heavy atom. The van der Waals surface area contributed by atoms with E-state index in [1.54, 1.807) is 36.1 Å². The molecule has 23 heavy (non-hydrogen) atoms. The first-order valence-corrected chi connectivity index (χ1v) is 8.06. The van der Waals surface area contributed by atoms with Gasteiger partial charge in [0, 0.05) is 29.9 Å². The minimum atomic E-state index is -0.447. The molecule has 1 heterocycles. The molecule has 0 aliphatic carbocycles. The molecule has 0 spiro atoms. The largest absolute Gasteiger partial charge is 0.391 e. The summed E-state index contributed by atoms with van der Waals surface area (Å²) in [5.41, 5.74) is 1.78. The molecule has 124 valence electrons. The number of amides is 2. The number of hydrogen-bond donors (Lipinski definition) is 2. The molecule has 5 nitrogen and oxygen atoms in total. The van der Waals surface area contributed by atoms with E-state index in [1.165, 1.54) is 0 Å². The summed E-state index contributed by atoms with van der Waals surface area (Å²) in [5, 5.41) is 12.5. The number of carbonyl (C=O) groups excluding carboxylic acids is 2. The second kappa shape index (κ2) is 7.92. The van der Waals surface area contributed by atoms with E-state index in [0.717, 1.165) is 19.3 Å². The van der Waals surface area contributed by atoms with Gasteiger partial charge < -0.3 is 15.3 Å². The number of nitrogens with zero attached hydrogens (tertiary/aromatic N) is 1. The Morgan fingerprint density at radius 1 is 1.43 bits per heavy atom. The summed E-state index contributed by atoms with van der Waals surface area (Å²) < 4.78 is 0. The molecule has 1 fully saturated rings. The molecule has 0 aromatic heterocycles. The number of anilines is 1. The Balaban J connectivity index is 2.08. The van der Waals surface area contributed by atoms with Crippen molar-refractivity contribution in [3.05, 3.63) is 41.5 Å². The topological polar surface area (TPSA) is 69.6 Å². The fourth-order valence-corrected chi connectivity index (χ4v) is 2.68. The van der Waals surface area contributed by atoms with Crippen LogP contribution in [0.25, 0.3) is 0 Å². The van der Waals surface area contributed by atoms with Crippen LogP contribution < -0.4 is 5.32 Å². The van der Waals surface area contributed by atoms with Gasteiger partial charge in [-0.15, -0.1) is 0 Å². The number of carbonyl (C=O) groups is 2. The normalized spacial score (nSPS) is 18.7. The molecule has 1 saturated heterocycles. The lowest BCUT2D eigenvalue weighted by molar-refractivity contribution is -0.112. The lowest BCUT2D eigenvalue weighted by Gasteiger charge is -2.30. The zero-order chi connectivity index (χ0) is 16.8. The van der Waals surface area contributed by atoms with Crippen LogP contribution in [-0.2, 0) is 4.79 Å². The van der Waals surface area contributed by atoms with E-state index in [4.69, 9.17) is 0 Å². The third-order valence-corrected chi connectivity index (χ3v) is 3.92. The maximum Gasteiger partial charge on any atom is 0.254 e. The molecule has 0 saturated carbocycles. The number of β-amino-alcohol motifs (C(OH)–C–C–N with tert-alkyl or cyclic N) is 1. The van der Waals surface area contributed by atoms with E-state index >= 15 is 0 Å². The Morgan fingerprint density at radius 2 is 2.22 bits per heavy atom. The molecule has 1 atom stereocenters. The van der Waals surface area contributed by atoms with Gasteiger partial charge in [0.15, 0.2) is 0 Å². The number of benzene rings is 1. The van der Waals surface area contributed by atoms with Crippen molar-refractivity contribution in [2.24, 2.45) is 0 Å². The number of nitrogens with one attached hydrogen (secondary N) is 1. The minimum absolute atomic E-state index is 0.110. The Hall–Kier alpha value is -2.14. The van der Waals surface area contributed by atoms with Gasteiger partial charge in [0.2, 0.25) is 0 Å². The molecule has 2 N–H and O–H groups in total. The van der Waals surface area contributed by atoms with Crippen molar-refractivity contribution < 1.29 is 14.7 Å². The summed E-state index contributed by atoms with van der Waals surface area (Å²) in [5.74, 6) is -0.273. The molecular formula is C18H24N2O3. The van der Waals surface area contributed by atoms with Crippen LogP contribution in [0.4, 0.5) is 5.69 Å². The lowest BCUT2D eigenvalue weighted by Crippen LogP contribution is -2.42. The first-order valence-electron chi connectivity index (χ1n) is 8.06. The molecule has 0 radical (unpaired) electrons. The smallest absolute Gasteiger partial charge is 0.254 e. The molecule has 1 unspecified atom stereocenters. The highest BCUT2D eigenvalue weighted by Crippen LogP contribution is 2.17. The Kier molecular flexibility index (Phi) is 5.93. The van der Waals surface area contributed by atoms with Gasteiger partial charge in [0.05, 0.1) is 6.10 Å². The van der Waals surface area contributed by atoms with Crippen LogP contribution in [0.3, 0.4) is 0 Å². The number of rotatable bonds is 4. The summed E-state index contributed by atoms with van der Waals surface area (Å²) in [6.07, 6.45) is 3.76. The predicted octanol–water partition coefficient (Wildman–Crippen LogP) is 2.58. The summed E-state index contributed by atoms with van der Waals surface area (Å²) in [6, 6.07) is 6.93. The van der Waals surface area contributed by atoms with Gasteiger partial charge in [-0.25, -0.2) is 0 Å². The quantitative estimate of drug-likeness (QED) is 0.839. The van der Waals surface area contributed by atoms with Crippen molar-refractivity contribution in [1.29, 1.82) is 0 Å². The van der Waals surface area contributed by atoms with E-state index in [0.29, 0.717) is 29.9 Å². The van der Waals surface area contributed by atoms with Crippen LogP contribution in [-0.4, -0.2) is 41.0 Å². The van der Waals surface area contributed by atoms with Crippen molar-refractivity contribution in [3.8, 4) is 0 Å². The zero-order valence-electron chi connectivity index (χ0n) is 13.7. The monoisotopic (exact) mass is 316 g/mol. The fraction of sp³-hybridized carbons (Fsp3) is 0.444. The van der Waals surface area contributed by atoms with Gasteiger partial charge in [0.25, 0.3) is 11.8 Å². The second-order valence-electron chi connectivity index (χ2n) is 5.88. The highest BCUT2D eigenvalue weighted by atomic mass is 16.3. The number of piperidine rings is 1. The van der Waals surface area contributed by atoms with Crippen LogP contribution in [0.15, 0.2) is 35.9 Å². The highest BCUT2D eigenvalue weighted by molar-refractivity contribution is 6.04. The molecule has 1 aliphatic heterocycles. The SMILES string of the molecule is CC/C=C(/C)C(=O)Nc1cccc(C(=O)N2CCCC(O)C2)c1. The Labute approximate surface area is 137 Å². The Bertz CT molecular complexity index is 610. The maximum atomic E-state index is 12.5. The molecule has 0 bridgehead atoms. The second-order valence-corrected chi connectivity index (χ2v) is 5.88. The van der Waals surface area contributed by atoms with Crippen LogP contribution in [0, 0.1) is 0 Å². The number of hydrogen-bond acceptors (Lipinski definition) is 3. The molecule has 1 aromatic rings. The van der Waals surface area contributed by atoms with Crippen LogP contribution in [0.5, 0.6) is 0 Å². The van der Waals surface area contributed by atoms with Crippen LogP contribution >= 0.6 is 0 Å². The van der Waals surface area contributed by atoms with Crippen molar-refractivity contribution >= 4 is 17.5 Å². The van der Waals surface area contributed by atoms with Crippen LogP contribution in [0.2, 0.25) is 0 Å². The van der Waals surface area contributed by atoms with Gasteiger partial charge in [-0.05, 0) is 44.4 Å². The molecule has 2 rings (SSSR count). The van der Waals surface area contributed by atoms with Crippen LogP contribution in [0.1, 0.15) is 43.5 Å². The number of aliphatic hydroxyl groups is 1. The fourth-order valence-electron chi connectivity index (χ4n) is 2.68. The first kappa shape index (κ1) is 17.2. The summed E-state index contributed by atoms with van der Waals surface area (Å²) in [7, 11) is 0. The molecular weight excluding hydrogens is 292 g/mol. The van der Waals surface area contributed by atoms with Crippen molar-refractivity contribution in [1.82, 2.24) is 4.90 Å². The van der Waals surface area contributed by atoms with Gasteiger partial charge in [-0.2, -0.15) is 0 Å². The highest BCUT2D eigenvalue weighted by Gasteiger charge is 2.23. The predicted molar refractivity (Wildman–Crippen MR) is 90.3 cm³/mol. The summed E-state index contributed by atoms with van der Waals surface area (Å²) >= 11 is 0. The van der Waals surface area contributed by atoms with Gasteiger partial charge in [-0.1, -0.05) is 19.1 Å². The third kappa shape index (κ3) is 4.66. The van der Waals surface area contributed by atoms with Gasteiger partial charge in [-0.3, -0.25) is 9.59 Å². The number of allylic oxidation sites excluding steroid dienone is 1. The molecule has 5 heteroatoms. The van der Waals surface area contributed by atoms with Crippen molar-refractivity contribution in [2.75, 3.05) is 18.4 Å². The van der Waals surface area contributed by atoms with E-state index < -0.39 is 6.10 Å². The van der Waals surface area contributed by atoms with Crippen molar-refractivity contribution in [2.45, 2.75) is 39.2 Å². The van der Waals surface area contributed by atoms with E-state index in [1.807, 2.05) is 13.0 Å². The molecule has 2 amide bonds. The van der Waals surface area contributed by atoms with Gasteiger partial charge in [0.1, 0.15) is 0 Å². The van der Waals surface area contributed by atoms with Gasteiger partial charge >= 0.3 is 0 Å². The third-order valence-electron chi connectivity index (χ3n) is 3.92. The average molecular weight is 316 g/mol. The van der Waals surface area contributed by atoms with E-state index in [-0.39, 0.29) is 11.8 Å². The van der Waals surface area contributed by atoms with E-state index in [9.17, 15) is 14.7 Å². The zero-order valence-corrected chi connectivity index (χ0v) is 13.7. The number of likely N-dealkylation sites (tertiary alicyclic amines) is 1. The van der Waals surface area contributed by atoms with E-state index in [2.05, 4.69) is 5.32 Å². The number of aliphatic hydroxyl groups excluding tert-OH is 1. The average Bonchev–Trinajstić information content (AvgIpc) is 2.54. The standard InChI is InChI=1S/C18H24N2O3/c1-3-6-13(2)17(22)19-15-8-4-7-14(11-15)18(23)20-10-5-9-16(21)12-20/h4,6-8,11,16,21H,3,5,9-10,12H2,1-2H3,(H,19,22)/b13-6-. The summed E-state index contributed by atoms with van der Waals surface area (Å²) in [6.45, 7) is 4.77. The first-order chi connectivity index (χ1) is 11.0. The summed E-state index contributed by atoms with van der Waals surface area (Å²) in [4.78, 5) is 26.2. The molecule has 1 aliphatic rings. The lowest BCUT2D eigenvalue weighted by atomic mass is 10.1. The van der Waals surface area contributed by atoms with Crippen molar-refractivity contribution in [3.63, 3.8) is 0 Å².